The zero-order chi connectivity index (χ0) is 20.4. The van der Waals surface area contributed by atoms with Crippen molar-refractivity contribution < 1.29 is 9.53 Å². The molecule has 148 valence electrons. The molecule has 0 aliphatic carbocycles. The number of carbonyl (C=O) groups is 1. The summed E-state index contributed by atoms with van der Waals surface area (Å²) in [5.41, 5.74) is 2.69. The summed E-state index contributed by atoms with van der Waals surface area (Å²) in [7, 11) is 5.64. The van der Waals surface area contributed by atoms with Crippen molar-refractivity contribution in [3.8, 4) is 16.3 Å². The van der Waals surface area contributed by atoms with Gasteiger partial charge in [-0.3, -0.25) is 4.79 Å². The van der Waals surface area contributed by atoms with Gasteiger partial charge in [-0.25, -0.2) is 4.98 Å². The summed E-state index contributed by atoms with van der Waals surface area (Å²) in [5.74, 6) is 0.780. The van der Waals surface area contributed by atoms with Crippen LogP contribution in [0.1, 0.15) is 10.4 Å². The van der Waals surface area contributed by atoms with E-state index < -0.39 is 0 Å². The molecule has 0 fully saturated rings. The zero-order valence-electron chi connectivity index (χ0n) is 16.7. The smallest absolute Gasteiger partial charge is 0.251 e. The second kappa shape index (κ2) is 8.19. The Labute approximate surface area is 173 Å². The Morgan fingerprint density at radius 1 is 1.07 bits per heavy atom. The number of nitrogens with zero attached hydrogens (tertiary/aromatic N) is 2. The Morgan fingerprint density at radius 2 is 1.86 bits per heavy atom. The van der Waals surface area contributed by atoms with Crippen LogP contribution in [0.25, 0.3) is 31.6 Å². The molecule has 4 aromatic rings. The van der Waals surface area contributed by atoms with Crippen LogP contribution in [0.4, 0.5) is 0 Å². The molecule has 29 heavy (non-hydrogen) atoms. The van der Waals surface area contributed by atoms with Crippen molar-refractivity contribution in [1.82, 2.24) is 15.2 Å². The van der Waals surface area contributed by atoms with E-state index in [2.05, 4.69) is 11.4 Å². The van der Waals surface area contributed by atoms with Gasteiger partial charge < -0.3 is 15.0 Å². The van der Waals surface area contributed by atoms with Gasteiger partial charge in [0, 0.05) is 29.6 Å². The van der Waals surface area contributed by atoms with Crippen molar-refractivity contribution in [2.75, 3.05) is 34.3 Å². The number of hydrogen-bond donors (Lipinski definition) is 1. The third-order valence-corrected chi connectivity index (χ3v) is 5.99. The largest absolute Gasteiger partial charge is 0.497 e. The van der Waals surface area contributed by atoms with Crippen LogP contribution in [0.5, 0.6) is 5.75 Å². The molecule has 0 aliphatic heterocycles. The number of benzene rings is 3. The monoisotopic (exact) mass is 405 g/mol. The van der Waals surface area contributed by atoms with Crippen LogP contribution in [-0.4, -0.2) is 50.1 Å². The Morgan fingerprint density at radius 3 is 2.59 bits per heavy atom. The minimum absolute atomic E-state index is 0.0447. The molecule has 1 heterocycles. The summed E-state index contributed by atoms with van der Waals surface area (Å²) in [5, 5.41) is 5.97. The minimum atomic E-state index is -0.0447. The third-order valence-electron chi connectivity index (χ3n) is 4.84. The number of ether oxygens (including phenoxy) is 1. The number of likely N-dealkylation sites (N-methyl/N-ethyl adjacent to an activating group) is 1. The summed E-state index contributed by atoms with van der Waals surface area (Å²) in [4.78, 5) is 19.6. The Bertz CT molecular complexity index is 1170. The van der Waals surface area contributed by atoms with Crippen molar-refractivity contribution in [3.63, 3.8) is 0 Å². The molecule has 1 N–H and O–H groups in total. The lowest BCUT2D eigenvalue weighted by Gasteiger charge is -2.11. The highest BCUT2D eigenvalue weighted by molar-refractivity contribution is 7.22. The number of nitrogens with one attached hydrogen (secondary N) is 1. The number of carbonyl (C=O) groups excluding carboxylic acids is 1. The minimum Gasteiger partial charge on any atom is -0.497 e. The van der Waals surface area contributed by atoms with Crippen molar-refractivity contribution in [1.29, 1.82) is 0 Å². The maximum atomic E-state index is 12.7. The molecule has 1 amide bonds. The van der Waals surface area contributed by atoms with Crippen LogP contribution in [0.15, 0.2) is 54.6 Å². The van der Waals surface area contributed by atoms with Gasteiger partial charge in [0.25, 0.3) is 5.91 Å². The molecular formula is C23H23N3O2S. The van der Waals surface area contributed by atoms with Gasteiger partial charge in [0.1, 0.15) is 10.8 Å². The van der Waals surface area contributed by atoms with Gasteiger partial charge in [0.2, 0.25) is 0 Å². The fraction of sp³-hybridized carbons (Fsp3) is 0.217. The molecule has 0 saturated carbocycles. The molecule has 0 spiro atoms. The van der Waals surface area contributed by atoms with Gasteiger partial charge in [-0.05, 0) is 55.9 Å². The quantitative estimate of drug-likeness (QED) is 0.516. The van der Waals surface area contributed by atoms with Crippen LogP contribution in [0.3, 0.4) is 0 Å². The zero-order valence-corrected chi connectivity index (χ0v) is 17.5. The molecule has 0 radical (unpaired) electrons. The number of methoxy groups -OCH3 is 1. The van der Waals surface area contributed by atoms with E-state index >= 15 is 0 Å². The fourth-order valence-corrected chi connectivity index (χ4v) is 4.38. The summed E-state index contributed by atoms with van der Waals surface area (Å²) >= 11 is 1.65. The Kier molecular flexibility index (Phi) is 5.47. The third kappa shape index (κ3) is 3.95. The average molecular weight is 406 g/mol. The molecule has 0 unspecified atom stereocenters. The van der Waals surface area contributed by atoms with E-state index in [4.69, 9.17) is 9.72 Å². The first kappa shape index (κ1) is 19.4. The standard InChI is InChI=1S/C23H23N3O2S/c1-26(2)14-13-24-22(27)19-6-4-5-18-17(19)11-12-20-21(18)29-23(25-20)15-7-9-16(28-3)10-8-15/h4-12H,13-14H2,1-3H3,(H,24,27). The first-order chi connectivity index (χ1) is 14.1. The van der Waals surface area contributed by atoms with Crippen LogP contribution in [-0.2, 0) is 0 Å². The van der Waals surface area contributed by atoms with Gasteiger partial charge in [-0.1, -0.05) is 18.2 Å². The van der Waals surface area contributed by atoms with Gasteiger partial charge in [-0.15, -0.1) is 11.3 Å². The van der Waals surface area contributed by atoms with Gasteiger partial charge >= 0.3 is 0 Å². The molecule has 5 nitrogen and oxygen atoms in total. The normalized spacial score (nSPS) is 11.3. The van der Waals surface area contributed by atoms with Gasteiger partial charge in [-0.2, -0.15) is 0 Å². The maximum Gasteiger partial charge on any atom is 0.251 e. The predicted molar refractivity (Wildman–Crippen MR) is 120 cm³/mol. The predicted octanol–water partition coefficient (Wildman–Crippen LogP) is 4.42. The summed E-state index contributed by atoms with van der Waals surface area (Å²) in [6.07, 6.45) is 0. The van der Waals surface area contributed by atoms with E-state index in [9.17, 15) is 4.79 Å². The summed E-state index contributed by atoms with van der Waals surface area (Å²) in [6.45, 7) is 1.42. The Hall–Kier alpha value is -2.96. The highest BCUT2D eigenvalue weighted by atomic mass is 32.1. The van der Waals surface area contributed by atoms with E-state index in [1.165, 1.54) is 0 Å². The summed E-state index contributed by atoms with van der Waals surface area (Å²) in [6, 6.07) is 17.8. The molecule has 6 heteroatoms. The van der Waals surface area contributed by atoms with Crippen molar-refractivity contribution in [2.45, 2.75) is 0 Å². The first-order valence-corrected chi connectivity index (χ1v) is 10.3. The number of thiazole rings is 1. The number of aromatic nitrogens is 1. The average Bonchev–Trinajstić information content (AvgIpc) is 3.18. The van der Waals surface area contributed by atoms with E-state index in [-0.39, 0.29) is 5.91 Å². The Balaban J connectivity index is 1.72. The number of rotatable bonds is 6. The van der Waals surface area contributed by atoms with Crippen LogP contribution < -0.4 is 10.1 Å². The number of fused-ring (bicyclic) bond motifs is 3. The molecule has 0 aliphatic rings. The van der Waals surface area contributed by atoms with Crippen molar-refractivity contribution in [3.05, 3.63) is 60.2 Å². The van der Waals surface area contributed by atoms with Gasteiger partial charge in [0.05, 0.1) is 17.3 Å². The molecule has 0 bridgehead atoms. The fourth-order valence-electron chi connectivity index (χ4n) is 3.29. The lowest BCUT2D eigenvalue weighted by atomic mass is 10.0. The van der Waals surface area contributed by atoms with Crippen LogP contribution >= 0.6 is 11.3 Å². The van der Waals surface area contributed by atoms with Crippen molar-refractivity contribution in [2.24, 2.45) is 0 Å². The summed E-state index contributed by atoms with van der Waals surface area (Å²) < 4.78 is 6.33. The molecule has 0 saturated heterocycles. The second-order valence-corrected chi connectivity index (χ2v) is 8.12. The topological polar surface area (TPSA) is 54.5 Å². The lowest BCUT2D eigenvalue weighted by Crippen LogP contribution is -2.31. The molecule has 4 rings (SSSR count). The van der Waals surface area contributed by atoms with E-state index in [1.54, 1.807) is 18.4 Å². The second-order valence-electron chi connectivity index (χ2n) is 7.12. The molecule has 1 aromatic heterocycles. The van der Waals surface area contributed by atoms with Crippen molar-refractivity contribution >= 4 is 38.2 Å². The molecular weight excluding hydrogens is 382 g/mol. The van der Waals surface area contributed by atoms with Crippen LogP contribution in [0.2, 0.25) is 0 Å². The van der Waals surface area contributed by atoms with Gasteiger partial charge in [0.15, 0.2) is 0 Å². The SMILES string of the molecule is COc1ccc(-c2nc3ccc4c(C(=O)NCCN(C)C)cccc4c3s2)cc1. The first-order valence-electron chi connectivity index (χ1n) is 9.46. The highest BCUT2D eigenvalue weighted by Gasteiger charge is 2.14. The molecule has 3 aromatic carbocycles. The van der Waals surface area contributed by atoms with E-state index in [1.807, 2.05) is 67.5 Å². The van der Waals surface area contributed by atoms with Crippen LogP contribution in [0, 0.1) is 0 Å². The highest BCUT2D eigenvalue weighted by Crippen LogP contribution is 2.36. The molecule has 0 atom stereocenters. The van der Waals surface area contributed by atoms with E-state index in [0.717, 1.165) is 43.9 Å². The number of amides is 1. The number of hydrogen-bond acceptors (Lipinski definition) is 5. The van der Waals surface area contributed by atoms with E-state index in [0.29, 0.717) is 12.1 Å². The maximum absolute atomic E-state index is 12.7. The lowest BCUT2D eigenvalue weighted by molar-refractivity contribution is 0.0952.